The van der Waals surface area contributed by atoms with Gasteiger partial charge in [-0.05, 0) is 11.6 Å². The molecule has 0 saturated carbocycles. The van der Waals surface area contributed by atoms with E-state index in [9.17, 15) is 0 Å². The topological polar surface area (TPSA) is 57.4 Å². The molecular weight excluding hydrogens is 266 g/mol. The normalized spacial score (nSPS) is 14.4. The summed E-state index contributed by atoms with van der Waals surface area (Å²) in [5, 5.41) is 13.4. The summed E-state index contributed by atoms with van der Waals surface area (Å²) in [6.07, 6.45) is 3.86. The molecule has 0 radical (unpaired) electrons. The molecule has 1 aliphatic heterocycles. The number of rotatable bonds is 5. The first kappa shape index (κ1) is 14.0. The quantitative estimate of drug-likeness (QED) is 0.883. The van der Waals surface area contributed by atoms with Crippen LogP contribution in [0.3, 0.4) is 0 Å². The van der Waals surface area contributed by atoms with Crippen LogP contribution in [0.25, 0.3) is 0 Å². The molecule has 0 bridgehead atoms. The van der Waals surface area contributed by atoms with Crippen LogP contribution in [0.2, 0.25) is 0 Å². The van der Waals surface area contributed by atoms with Crippen LogP contribution < -0.4 is 4.90 Å². The predicted octanol–water partition coefficient (Wildman–Crippen LogP) is 0.852. The number of aliphatic hydroxyl groups is 1. The molecule has 1 N–H and O–H groups in total. The lowest BCUT2D eigenvalue weighted by Crippen LogP contribution is -2.18. The van der Waals surface area contributed by atoms with Crippen molar-refractivity contribution in [1.29, 1.82) is 0 Å². The molecule has 2 aromatic rings. The second-order valence-electron chi connectivity index (χ2n) is 5.63. The Morgan fingerprint density at radius 3 is 2.76 bits per heavy atom. The summed E-state index contributed by atoms with van der Waals surface area (Å²) < 4.78 is 1.91. The van der Waals surface area contributed by atoms with Gasteiger partial charge in [0.2, 0.25) is 0 Å². The van der Waals surface area contributed by atoms with Gasteiger partial charge in [0.25, 0.3) is 0 Å². The molecule has 0 unspecified atom stereocenters. The number of fused-ring (bicyclic) bond motifs is 1. The standard InChI is InChI=1S/C15H21N5O/c1-18(2)15-4-3-12(7-16-15)9-19-10-13-8-17-20(5-6-21)14(13)11-19/h3-4,7-8,21H,5-6,9-11H2,1-2H3. The maximum Gasteiger partial charge on any atom is 0.127 e. The van der Waals surface area contributed by atoms with Crippen molar-refractivity contribution in [3.05, 3.63) is 41.3 Å². The van der Waals surface area contributed by atoms with E-state index in [0.29, 0.717) is 6.54 Å². The average molecular weight is 287 g/mol. The summed E-state index contributed by atoms with van der Waals surface area (Å²) in [6.45, 7) is 3.38. The van der Waals surface area contributed by atoms with Gasteiger partial charge in [0, 0.05) is 45.5 Å². The number of hydrogen-bond acceptors (Lipinski definition) is 5. The van der Waals surface area contributed by atoms with Gasteiger partial charge in [-0.25, -0.2) is 4.98 Å². The average Bonchev–Trinajstić information content (AvgIpc) is 3.01. The van der Waals surface area contributed by atoms with Crippen molar-refractivity contribution in [3.63, 3.8) is 0 Å². The molecule has 21 heavy (non-hydrogen) atoms. The second kappa shape index (κ2) is 5.83. The molecule has 3 rings (SSSR count). The molecule has 0 fully saturated rings. The molecule has 112 valence electrons. The van der Waals surface area contributed by atoms with Crippen LogP contribution in [0.15, 0.2) is 24.5 Å². The Balaban J connectivity index is 1.65. The summed E-state index contributed by atoms with van der Waals surface area (Å²) in [7, 11) is 3.98. The largest absolute Gasteiger partial charge is 0.394 e. The highest BCUT2D eigenvalue weighted by Crippen LogP contribution is 2.24. The van der Waals surface area contributed by atoms with E-state index in [1.807, 2.05) is 42.1 Å². The van der Waals surface area contributed by atoms with Gasteiger partial charge >= 0.3 is 0 Å². The third-order valence-corrected chi connectivity index (χ3v) is 3.79. The van der Waals surface area contributed by atoms with Gasteiger partial charge in [-0.15, -0.1) is 0 Å². The zero-order chi connectivity index (χ0) is 14.8. The molecule has 0 amide bonds. The zero-order valence-corrected chi connectivity index (χ0v) is 12.5. The van der Waals surface area contributed by atoms with E-state index in [1.54, 1.807) is 0 Å². The minimum absolute atomic E-state index is 0.129. The maximum absolute atomic E-state index is 9.05. The minimum Gasteiger partial charge on any atom is -0.394 e. The van der Waals surface area contributed by atoms with Crippen molar-refractivity contribution in [2.24, 2.45) is 0 Å². The van der Waals surface area contributed by atoms with Crippen LogP contribution >= 0.6 is 0 Å². The van der Waals surface area contributed by atoms with Crippen LogP contribution in [0.4, 0.5) is 5.82 Å². The third kappa shape index (κ3) is 2.91. The molecule has 0 spiro atoms. The van der Waals surface area contributed by atoms with Gasteiger partial charge in [0.1, 0.15) is 5.82 Å². The molecule has 6 nitrogen and oxygen atoms in total. The van der Waals surface area contributed by atoms with Gasteiger partial charge < -0.3 is 10.0 Å². The predicted molar refractivity (Wildman–Crippen MR) is 80.8 cm³/mol. The van der Waals surface area contributed by atoms with Crippen LogP contribution in [-0.4, -0.2) is 45.5 Å². The fourth-order valence-electron chi connectivity index (χ4n) is 2.71. The number of pyridine rings is 1. The lowest BCUT2D eigenvalue weighted by Gasteiger charge is -2.16. The monoisotopic (exact) mass is 287 g/mol. The Labute approximate surface area is 124 Å². The first-order valence-electron chi connectivity index (χ1n) is 7.16. The van der Waals surface area contributed by atoms with Crippen molar-refractivity contribution >= 4 is 5.82 Å². The van der Waals surface area contributed by atoms with Gasteiger partial charge in [0.15, 0.2) is 0 Å². The summed E-state index contributed by atoms with van der Waals surface area (Å²) in [4.78, 5) is 8.82. The SMILES string of the molecule is CN(C)c1ccc(CN2Cc3cnn(CCO)c3C2)cn1. The molecule has 6 heteroatoms. The fraction of sp³-hybridized carbons (Fsp3) is 0.467. The molecule has 1 aliphatic rings. The first-order chi connectivity index (χ1) is 10.2. The van der Waals surface area contributed by atoms with E-state index >= 15 is 0 Å². The van der Waals surface area contributed by atoms with E-state index in [-0.39, 0.29) is 6.61 Å². The molecule has 2 aromatic heterocycles. The summed E-state index contributed by atoms with van der Waals surface area (Å²) in [6, 6.07) is 4.18. The third-order valence-electron chi connectivity index (χ3n) is 3.79. The van der Waals surface area contributed by atoms with Gasteiger partial charge in [-0.3, -0.25) is 9.58 Å². The molecule has 3 heterocycles. The molecule has 0 aliphatic carbocycles. The van der Waals surface area contributed by atoms with E-state index < -0.39 is 0 Å². The van der Waals surface area contributed by atoms with Crippen LogP contribution in [0, 0.1) is 0 Å². The van der Waals surface area contributed by atoms with E-state index in [1.165, 1.54) is 16.8 Å². The Hall–Kier alpha value is -1.92. The maximum atomic E-state index is 9.05. The lowest BCUT2D eigenvalue weighted by atomic mass is 10.2. The van der Waals surface area contributed by atoms with Gasteiger partial charge in [-0.2, -0.15) is 5.10 Å². The summed E-state index contributed by atoms with van der Waals surface area (Å²) >= 11 is 0. The smallest absolute Gasteiger partial charge is 0.127 e. The Morgan fingerprint density at radius 2 is 2.10 bits per heavy atom. The van der Waals surface area contributed by atoms with Crippen molar-refractivity contribution in [3.8, 4) is 0 Å². The molecular formula is C15H21N5O. The fourth-order valence-corrected chi connectivity index (χ4v) is 2.71. The number of aliphatic hydroxyl groups excluding tert-OH is 1. The lowest BCUT2D eigenvalue weighted by molar-refractivity contribution is 0.250. The Morgan fingerprint density at radius 1 is 1.24 bits per heavy atom. The molecule has 0 atom stereocenters. The van der Waals surface area contributed by atoms with E-state index in [2.05, 4.69) is 21.0 Å². The summed E-state index contributed by atoms with van der Waals surface area (Å²) in [5.74, 6) is 0.974. The zero-order valence-electron chi connectivity index (χ0n) is 12.5. The molecule has 0 saturated heterocycles. The van der Waals surface area contributed by atoms with E-state index in [4.69, 9.17) is 5.11 Å². The van der Waals surface area contributed by atoms with Crippen LogP contribution in [0.5, 0.6) is 0 Å². The highest BCUT2D eigenvalue weighted by molar-refractivity contribution is 5.37. The Kier molecular flexibility index (Phi) is 3.90. The second-order valence-corrected chi connectivity index (χ2v) is 5.63. The van der Waals surface area contributed by atoms with Crippen LogP contribution in [0.1, 0.15) is 16.8 Å². The van der Waals surface area contributed by atoms with Crippen LogP contribution in [-0.2, 0) is 26.2 Å². The Bertz CT molecular complexity index is 605. The highest BCUT2D eigenvalue weighted by atomic mass is 16.3. The first-order valence-corrected chi connectivity index (χ1v) is 7.16. The highest BCUT2D eigenvalue weighted by Gasteiger charge is 2.23. The minimum atomic E-state index is 0.129. The van der Waals surface area contributed by atoms with Crippen molar-refractivity contribution in [2.45, 2.75) is 26.2 Å². The van der Waals surface area contributed by atoms with Crippen molar-refractivity contribution < 1.29 is 5.11 Å². The van der Waals surface area contributed by atoms with Crippen molar-refractivity contribution in [2.75, 3.05) is 25.6 Å². The summed E-state index contributed by atoms with van der Waals surface area (Å²) in [5.41, 5.74) is 3.70. The number of anilines is 1. The van der Waals surface area contributed by atoms with Crippen molar-refractivity contribution in [1.82, 2.24) is 19.7 Å². The van der Waals surface area contributed by atoms with Gasteiger partial charge in [-0.1, -0.05) is 6.07 Å². The number of aromatic nitrogens is 3. The van der Waals surface area contributed by atoms with Gasteiger partial charge in [0.05, 0.1) is 25.0 Å². The number of nitrogens with zero attached hydrogens (tertiary/aromatic N) is 5. The molecule has 0 aromatic carbocycles. The number of hydrogen-bond donors (Lipinski definition) is 1. The van der Waals surface area contributed by atoms with E-state index in [0.717, 1.165) is 25.5 Å².